The van der Waals surface area contributed by atoms with E-state index < -0.39 is 33.0 Å². The molecular weight excluding hydrogens is 460 g/mol. The zero-order valence-corrected chi connectivity index (χ0v) is 20.5. The Labute approximate surface area is 199 Å². The third kappa shape index (κ3) is 6.43. The summed E-state index contributed by atoms with van der Waals surface area (Å²) in [6, 6.07) is 6.45. The van der Waals surface area contributed by atoms with Crippen LogP contribution in [0.5, 0.6) is 0 Å². The predicted molar refractivity (Wildman–Crippen MR) is 125 cm³/mol. The third-order valence-corrected chi connectivity index (χ3v) is 7.26. The van der Waals surface area contributed by atoms with E-state index in [0.717, 1.165) is 11.6 Å². The van der Waals surface area contributed by atoms with Crippen LogP contribution in [0.25, 0.3) is 0 Å². The molecule has 1 saturated heterocycles. The normalized spacial score (nSPS) is 19.5. The number of rotatable bonds is 8. The van der Waals surface area contributed by atoms with Crippen molar-refractivity contribution in [1.82, 2.24) is 20.7 Å². The van der Waals surface area contributed by atoms with Gasteiger partial charge in [0.25, 0.3) is 5.91 Å². The molecule has 2 aliphatic rings. The van der Waals surface area contributed by atoms with E-state index in [1.165, 1.54) is 12.1 Å². The topological polar surface area (TPSA) is 143 Å². The number of hydrogen-bond donors (Lipinski definition) is 4. The number of nitrogens with one attached hydrogen (secondary N) is 4. The standard InChI is InChI=1S/C23H32N4O6S/c1-16-4-6-18(7-5-16)34(31,32)26-13-12-25-21(30)23(8-10-24-11-9-23)27-20(29)19-14-17(28)15-22(2,3)33-19/h4-7,14,24,26H,8-13,15H2,1-3H3,(H,25,30)(H,27,29). The summed E-state index contributed by atoms with van der Waals surface area (Å²) < 4.78 is 33.0. The van der Waals surface area contributed by atoms with Crippen molar-refractivity contribution in [2.24, 2.45) is 0 Å². The number of amides is 2. The molecule has 0 bridgehead atoms. The number of carbonyl (C=O) groups is 3. The highest BCUT2D eigenvalue weighted by Crippen LogP contribution is 2.26. The maximum absolute atomic E-state index is 13.1. The van der Waals surface area contributed by atoms with Crippen molar-refractivity contribution in [1.29, 1.82) is 0 Å². The number of hydrogen-bond acceptors (Lipinski definition) is 7. The Morgan fingerprint density at radius 1 is 1.09 bits per heavy atom. The number of ether oxygens (including phenoxy) is 1. The third-order valence-electron chi connectivity index (χ3n) is 5.78. The van der Waals surface area contributed by atoms with Gasteiger partial charge in [0.15, 0.2) is 11.5 Å². The van der Waals surface area contributed by atoms with Gasteiger partial charge in [-0.25, -0.2) is 13.1 Å². The summed E-state index contributed by atoms with van der Waals surface area (Å²) in [5.74, 6) is -1.37. The molecule has 1 fully saturated rings. The molecule has 1 aromatic carbocycles. The van der Waals surface area contributed by atoms with E-state index in [1.807, 2.05) is 6.92 Å². The van der Waals surface area contributed by atoms with Gasteiger partial charge in [-0.05, 0) is 58.8 Å². The Morgan fingerprint density at radius 3 is 2.35 bits per heavy atom. The zero-order chi connectivity index (χ0) is 25.0. The van der Waals surface area contributed by atoms with Gasteiger partial charge in [0.2, 0.25) is 15.9 Å². The summed E-state index contributed by atoms with van der Waals surface area (Å²) in [7, 11) is -3.70. The monoisotopic (exact) mass is 492 g/mol. The second kappa shape index (κ2) is 10.2. The molecule has 2 aliphatic heterocycles. The number of allylic oxidation sites excluding steroid dienone is 1. The van der Waals surface area contributed by atoms with Crippen molar-refractivity contribution < 1.29 is 27.5 Å². The molecule has 0 aliphatic carbocycles. The van der Waals surface area contributed by atoms with Crippen LogP contribution in [0.2, 0.25) is 0 Å². The second-order valence-electron chi connectivity index (χ2n) is 9.27. The van der Waals surface area contributed by atoms with Gasteiger partial charge in [-0.1, -0.05) is 17.7 Å². The Morgan fingerprint density at radius 2 is 1.74 bits per heavy atom. The van der Waals surface area contributed by atoms with Gasteiger partial charge in [-0.2, -0.15) is 0 Å². The molecule has 10 nitrogen and oxygen atoms in total. The fourth-order valence-electron chi connectivity index (χ4n) is 3.96. The van der Waals surface area contributed by atoms with Crippen LogP contribution in [0.1, 0.15) is 38.7 Å². The Bertz CT molecular complexity index is 1070. The minimum absolute atomic E-state index is 0.0127. The van der Waals surface area contributed by atoms with Crippen molar-refractivity contribution in [2.45, 2.75) is 56.1 Å². The molecule has 34 heavy (non-hydrogen) atoms. The molecule has 0 saturated carbocycles. The first kappa shape index (κ1) is 25.9. The van der Waals surface area contributed by atoms with Gasteiger partial charge in [-0.15, -0.1) is 0 Å². The molecule has 0 radical (unpaired) electrons. The summed E-state index contributed by atoms with van der Waals surface area (Å²) in [6.45, 7) is 6.35. The molecule has 0 spiro atoms. The van der Waals surface area contributed by atoms with Crippen molar-refractivity contribution >= 4 is 27.6 Å². The van der Waals surface area contributed by atoms with Crippen molar-refractivity contribution in [2.75, 3.05) is 26.2 Å². The zero-order valence-electron chi connectivity index (χ0n) is 19.7. The van der Waals surface area contributed by atoms with Gasteiger partial charge in [-0.3, -0.25) is 14.4 Å². The Balaban J connectivity index is 1.61. The van der Waals surface area contributed by atoms with E-state index in [4.69, 9.17) is 4.74 Å². The van der Waals surface area contributed by atoms with Crippen molar-refractivity contribution in [3.8, 4) is 0 Å². The largest absolute Gasteiger partial charge is 0.482 e. The summed E-state index contributed by atoms with van der Waals surface area (Å²) in [4.78, 5) is 38.1. The lowest BCUT2D eigenvalue weighted by Crippen LogP contribution is -2.63. The van der Waals surface area contributed by atoms with E-state index >= 15 is 0 Å². The van der Waals surface area contributed by atoms with Gasteiger partial charge in [0.1, 0.15) is 11.1 Å². The molecule has 0 aromatic heterocycles. The van der Waals surface area contributed by atoms with E-state index in [-0.39, 0.29) is 35.9 Å². The fraction of sp³-hybridized carbons (Fsp3) is 0.522. The molecular formula is C23H32N4O6S. The van der Waals surface area contributed by atoms with Crippen LogP contribution in [0, 0.1) is 6.92 Å². The molecule has 2 amide bonds. The lowest BCUT2D eigenvalue weighted by Gasteiger charge is -2.38. The number of sulfonamides is 1. The highest BCUT2D eigenvalue weighted by Gasteiger charge is 2.42. The van der Waals surface area contributed by atoms with Gasteiger partial charge in [0.05, 0.1) is 4.90 Å². The molecule has 1 aromatic rings. The molecule has 4 N–H and O–H groups in total. The van der Waals surface area contributed by atoms with Crippen molar-refractivity contribution in [3.05, 3.63) is 41.7 Å². The van der Waals surface area contributed by atoms with Crippen LogP contribution in [0.3, 0.4) is 0 Å². The molecule has 2 heterocycles. The number of ketones is 1. The minimum atomic E-state index is -3.70. The molecule has 3 rings (SSSR count). The van der Waals surface area contributed by atoms with Crippen LogP contribution in [0.4, 0.5) is 0 Å². The van der Waals surface area contributed by atoms with Crippen LogP contribution in [-0.2, 0) is 29.1 Å². The molecule has 0 atom stereocenters. The highest BCUT2D eigenvalue weighted by atomic mass is 32.2. The van der Waals surface area contributed by atoms with Gasteiger partial charge in [0, 0.05) is 25.6 Å². The van der Waals surface area contributed by atoms with Gasteiger partial charge >= 0.3 is 0 Å². The van der Waals surface area contributed by atoms with E-state index in [0.29, 0.717) is 25.9 Å². The first-order valence-electron chi connectivity index (χ1n) is 11.2. The Hall–Kier alpha value is -2.76. The summed E-state index contributed by atoms with van der Waals surface area (Å²) in [5.41, 5.74) is -1.06. The van der Waals surface area contributed by atoms with E-state index in [1.54, 1.807) is 26.0 Å². The van der Waals surface area contributed by atoms with Crippen LogP contribution >= 0.6 is 0 Å². The lowest BCUT2D eigenvalue weighted by molar-refractivity contribution is -0.137. The average molecular weight is 493 g/mol. The molecule has 186 valence electrons. The maximum Gasteiger partial charge on any atom is 0.287 e. The first-order valence-corrected chi connectivity index (χ1v) is 12.7. The number of aryl methyl sites for hydroxylation is 1. The predicted octanol–water partition coefficient (Wildman–Crippen LogP) is 0.280. The first-order chi connectivity index (χ1) is 15.9. The second-order valence-corrected chi connectivity index (χ2v) is 11.0. The molecule has 0 unspecified atom stereocenters. The summed E-state index contributed by atoms with van der Waals surface area (Å²) >= 11 is 0. The number of piperidine rings is 1. The molecule has 11 heteroatoms. The fourth-order valence-corrected chi connectivity index (χ4v) is 5.00. The maximum atomic E-state index is 13.1. The SMILES string of the molecule is Cc1ccc(S(=O)(=O)NCCNC(=O)C2(NC(=O)C3=CC(=O)CC(C)(C)O3)CCNCC2)cc1. The lowest BCUT2D eigenvalue weighted by atomic mass is 9.86. The van der Waals surface area contributed by atoms with Crippen LogP contribution in [0.15, 0.2) is 41.0 Å². The summed E-state index contributed by atoms with van der Waals surface area (Å²) in [6.07, 6.45) is 2.00. The quantitative estimate of drug-likeness (QED) is 0.382. The number of benzene rings is 1. The van der Waals surface area contributed by atoms with E-state index in [9.17, 15) is 22.8 Å². The van der Waals surface area contributed by atoms with E-state index in [2.05, 4.69) is 20.7 Å². The minimum Gasteiger partial charge on any atom is -0.482 e. The van der Waals surface area contributed by atoms with Crippen molar-refractivity contribution in [3.63, 3.8) is 0 Å². The smallest absolute Gasteiger partial charge is 0.287 e. The highest BCUT2D eigenvalue weighted by molar-refractivity contribution is 7.89. The Kier molecular flexibility index (Phi) is 7.79. The van der Waals surface area contributed by atoms with Crippen LogP contribution < -0.4 is 20.7 Å². The van der Waals surface area contributed by atoms with Crippen LogP contribution in [-0.4, -0.2) is 63.3 Å². The van der Waals surface area contributed by atoms with Gasteiger partial charge < -0.3 is 20.7 Å². The average Bonchev–Trinajstić information content (AvgIpc) is 2.76. The number of carbonyl (C=O) groups excluding carboxylic acids is 3. The summed E-state index contributed by atoms with van der Waals surface area (Å²) in [5, 5.41) is 8.65.